The molecule has 0 N–H and O–H groups in total. The van der Waals surface area contributed by atoms with Crippen molar-refractivity contribution in [2.45, 2.75) is 19.9 Å². The van der Waals surface area contributed by atoms with Crippen molar-refractivity contribution >= 4 is 12.0 Å². The Morgan fingerprint density at radius 3 is 2.90 bits per heavy atom. The van der Waals surface area contributed by atoms with Gasteiger partial charge in [-0.2, -0.15) is 5.26 Å². The zero-order valence-corrected chi connectivity index (χ0v) is 12.0. The first-order valence-electron chi connectivity index (χ1n) is 6.81. The first kappa shape index (κ1) is 14.7. The topological polar surface area (TPSA) is 57.0 Å². The van der Waals surface area contributed by atoms with Crippen LogP contribution in [-0.4, -0.2) is 17.8 Å². The molecule has 21 heavy (non-hydrogen) atoms. The first-order valence-corrected chi connectivity index (χ1v) is 6.81. The van der Waals surface area contributed by atoms with Crippen LogP contribution >= 0.6 is 0 Å². The van der Waals surface area contributed by atoms with Gasteiger partial charge >= 0.3 is 0 Å². The minimum atomic E-state index is 0.409. The fourth-order valence-corrected chi connectivity index (χ4v) is 2.24. The van der Waals surface area contributed by atoms with E-state index in [-0.39, 0.29) is 0 Å². The van der Waals surface area contributed by atoms with Gasteiger partial charge in [-0.3, -0.25) is 9.78 Å². The summed E-state index contributed by atoms with van der Waals surface area (Å²) in [6, 6.07) is 11.8. The molecule has 0 unspecified atom stereocenters. The Balaban J connectivity index is 2.31. The van der Waals surface area contributed by atoms with Crippen LogP contribution in [0.4, 0.5) is 5.69 Å². The average Bonchev–Trinajstić information content (AvgIpc) is 2.52. The van der Waals surface area contributed by atoms with Crippen LogP contribution in [0, 0.1) is 18.3 Å². The standard InChI is InChI=1S/C17H17N3O/c1-14-5-6-17(16(10-14)13-21)20(9-3-7-18)12-15-4-2-8-19-11-15/h2,4-6,8,10-11,13H,3,9,12H2,1H3. The van der Waals surface area contributed by atoms with Gasteiger partial charge in [-0.25, -0.2) is 0 Å². The number of benzene rings is 1. The Morgan fingerprint density at radius 2 is 2.24 bits per heavy atom. The van der Waals surface area contributed by atoms with Gasteiger partial charge in [0.2, 0.25) is 0 Å². The number of nitriles is 1. The van der Waals surface area contributed by atoms with Crippen LogP contribution in [0.2, 0.25) is 0 Å². The van der Waals surface area contributed by atoms with Crippen LogP contribution in [0.25, 0.3) is 0 Å². The number of nitrogens with zero attached hydrogens (tertiary/aromatic N) is 3. The largest absolute Gasteiger partial charge is 0.366 e. The molecular formula is C17H17N3O. The molecule has 1 aromatic carbocycles. The Kier molecular flexibility index (Phi) is 5.05. The van der Waals surface area contributed by atoms with Crippen LogP contribution in [0.15, 0.2) is 42.7 Å². The van der Waals surface area contributed by atoms with Gasteiger partial charge in [0, 0.05) is 36.7 Å². The zero-order valence-electron chi connectivity index (χ0n) is 12.0. The summed E-state index contributed by atoms with van der Waals surface area (Å²) in [5, 5.41) is 8.84. The molecule has 0 aliphatic rings. The quantitative estimate of drug-likeness (QED) is 0.762. The summed E-state index contributed by atoms with van der Waals surface area (Å²) >= 11 is 0. The fraction of sp³-hybridized carbons (Fsp3) is 0.235. The molecule has 0 amide bonds. The predicted molar refractivity (Wildman–Crippen MR) is 82.1 cm³/mol. The molecule has 4 nitrogen and oxygen atoms in total. The van der Waals surface area contributed by atoms with Crippen LogP contribution in [-0.2, 0) is 6.54 Å². The van der Waals surface area contributed by atoms with Gasteiger partial charge in [0.15, 0.2) is 6.29 Å². The second kappa shape index (κ2) is 7.20. The molecule has 0 saturated carbocycles. The number of aromatic nitrogens is 1. The highest BCUT2D eigenvalue weighted by molar-refractivity contribution is 5.85. The maximum atomic E-state index is 11.3. The lowest BCUT2D eigenvalue weighted by Crippen LogP contribution is -2.25. The fourth-order valence-electron chi connectivity index (χ4n) is 2.24. The lowest BCUT2D eigenvalue weighted by molar-refractivity contribution is 0.112. The smallest absolute Gasteiger partial charge is 0.152 e. The normalized spacial score (nSPS) is 9.90. The van der Waals surface area contributed by atoms with Crippen molar-refractivity contribution in [3.63, 3.8) is 0 Å². The molecule has 2 rings (SSSR count). The summed E-state index contributed by atoms with van der Waals surface area (Å²) in [5.41, 5.74) is 3.60. The summed E-state index contributed by atoms with van der Waals surface area (Å²) < 4.78 is 0. The summed E-state index contributed by atoms with van der Waals surface area (Å²) in [4.78, 5) is 17.5. The first-order chi connectivity index (χ1) is 10.2. The lowest BCUT2D eigenvalue weighted by Gasteiger charge is -2.25. The second-order valence-corrected chi connectivity index (χ2v) is 4.87. The molecular weight excluding hydrogens is 262 g/mol. The highest BCUT2D eigenvalue weighted by Crippen LogP contribution is 2.22. The SMILES string of the molecule is Cc1ccc(N(CCC#N)Cc2cccnc2)c(C=O)c1. The van der Waals surface area contributed by atoms with Crippen molar-refractivity contribution in [2.24, 2.45) is 0 Å². The summed E-state index contributed by atoms with van der Waals surface area (Å²) in [6.45, 7) is 3.16. The van der Waals surface area contributed by atoms with E-state index in [9.17, 15) is 4.79 Å². The molecule has 2 aromatic rings. The van der Waals surface area contributed by atoms with E-state index in [1.807, 2.05) is 42.2 Å². The number of pyridine rings is 1. The molecule has 0 spiro atoms. The van der Waals surface area contributed by atoms with Crippen molar-refractivity contribution < 1.29 is 4.79 Å². The van der Waals surface area contributed by atoms with Crippen molar-refractivity contribution in [3.8, 4) is 6.07 Å². The van der Waals surface area contributed by atoms with E-state index in [0.29, 0.717) is 25.1 Å². The molecule has 4 heteroatoms. The van der Waals surface area contributed by atoms with Gasteiger partial charge in [-0.1, -0.05) is 17.7 Å². The van der Waals surface area contributed by atoms with Crippen molar-refractivity contribution in [1.29, 1.82) is 5.26 Å². The average molecular weight is 279 g/mol. The number of aryl methyl sites for hydroxylation is 1. The highest BCUT2D eigenvalue weighted by Gasteiger charge is 2.12. The van der Waals surface area contributed by atoms with E-state index < -0.39 is 0 Å². The Bertz CT molecular complexity index is 647. The monoisotopic (exact) mass is 279 g/mol. The van der Waals surface area contributed by atoms with Gasteiger partial charge in [0.1, 0.15) is 0 Å². The van der Waals surface area contributed by atoms with Crippen LogP contribution in [0.5, 0.6) is 0 Å². The summed E-state index contributed by atoms with van der Waals surface area (Å²) in [6.07, 6.45) is 4.80. The third kappa shape index (κ3) is 3.90. The van der Waals surface area contributed by atoms with Crippen LogP contribution in [0.3, 0.4) is 0 Å². The molecule has 0 radical (unpaired) electrons. The molecule has 1 aromatic heterocycles. The molecule has 0 bridgehead atoms. The van der Waals surface area contributed by atoms with Crippen molar-refractivity contribution in [2.75, 3.05) is 11.4 Å². The van der Waals surface area contributed by atoms with E-state index in [1.165, 1.54) is 0 Å². The number of anilines is 1. The van der Waals surface area contributed by atoms with E-state index in [0.717, 1.165) is 23.1 Å². The summed E-state index contributed by atoms with van der Waals surface area (Å²) in [7, 11) is 0. The molecule has 106 valence electrons. The molecule has 0 aliphatic heterocycles. The summed E-state index contributed by atoms with van der Waals surface area (Å²) in [5.74, 6) is 0. The van der Waals surface area contributed by atoms with E-state index in [1.54, 1.807) is 12.4 Å². The predicted octanol–water partition coefficient (Wildman–Crippen LogP) is 3.12. The molecule has 0 fully saturated rings. The lowest BCUT2D eigenvalue weighted by atomic mass is 10.1. The van der Waals surface area contributed by atoms with Gasteiger partial charge < -0.3 is 4.90 Å². The third-order valence-electron chi connectivity index (χ3n) is 3.24. The van der Waals surface area contributed by atoms with Gasteiger partial charge in [0.05, 0.1) is 12.5 Å². The number of carbonyl (C=O) groups is 1. The van der Waals surface area contributed by atoms with Gasteiger partial charge in [-0.15, -0.1) is 0 Å². The minimum Gasteiger partial charge on any atom is -0.366 e. The number of hydrogen-bond donors (Lipinski definition) is 0. The Labute approximate surface area is 124 Å². The molecule has 0 aliphatic carbocycles. The zero-order chi connectivity index (χ0) is 15.1. The van der Waals surface area contributed by atoms with Crippen molar-refractivity contribution in [3.05, 3.63) is 59.4 Å². The Hall–Kier alpha value is -2.67. The van der Waals surface area contributed by atoms with Crippen molar-refractivity contribution in [1.82, 2.24) is 4.98 Å². The van der Waals surface area contributed by atoms with Crippen LogP contribution in [0.1, 0.15) is 27.9 Å². The minimum absolute atomic E-state index is 0.409. The van der Waals surface area contributed by atoms with Gasteiger partial charge in [0.25, 0.3) is 0 Å². The molecule has 0 saturated heterocycles. The highest BCUT2D eigenvalue weighted by atomic mass is 16.1. The number of aldehydes is 1. The second-order valence-electron chi connectivity index (χ2n) is 4.87. The van der Waals surface area contributed by atoms with E-state index >= 15 is 0 Å². The number of rotatable bonds is 6. The van der Waals surface area contributed by atoms with E-state index in [4.69, 9.17) is 5.26 Å². The number of carbonyl (C=O) groups excluding carboxylic acids is 1. The molecule has 1 heterocycles. The van der Waals surface area contributed by atoms with Crippen LogP contribution < -0.4 is 4.90 Å². The van der Waals surface area contributed by atoms with E-state index in [2.05, 4.69) is 11.1 Å². The molecule has 0 atom stereocenters. The maximum absolute atomic E-state index is 11.3. The Morgan fingerprint density at radius 1 is 1.38 bits per heavy atom. The third-order valence-corrected chi connectivity index (χ3v) is 3.24. The number of hydrogen-bond acceptors (Lipinski definition) is 4. The maximum Gasteiger partial charge on any atom is 0.152 e. The van der Waals surface area contributed by atoms with Gasteiger partial charge in [-0.05, 0) is 30.7 Å².